The third-order valence-electron chi connectivity index (χ3n) is 4.41. The summed E-state index contributed by atoms with van der Waals surface area (Å²) in [7, 11) is -3.77. The number of sulfonamides is 1. The van der Waals surface area contributed by atoms with Gasteiger partial charge in [0, 0.05) is 6.54 Å². The molecule has 0 unspecified atom stereocenters. The fourth-order valence-electron chi connectivity index (χ4n) is 2.69. The van der Waals surface area contributed by atoms with Crippen molar-refractivity contribution >= 4 is 21.9 Å². The molecule has 1 amide bonds. The van der Waals surface area contributed by atoms with E-state index in [0.29, 0.717) is 23.5 Å². The maximum Gasteiger partial charge on any atom is 0.338 e. The van der Waals surface area contributed by atoms with Crippen LogP contribution in [0.1, 0.15) is 21.5 Å². The first kappa shape index (κ1) is 23.0. The summed E-state index contributed by atoms with van der Waals surface area (Å²) < 4.78 is 33.2. The van der Waals surface area contributed by atoms with Crippen molar-refractivity contribution in [2.45, 2.75) is 18.0 Å². The van der Waals surface area contributed by atoms with Crippen molar-refractivity contribution in [2.75, 3.05) is 6.61 Å². The van der Waals surface area contributed by atoms with Gasteiger partial charge in [-0.1, -0.05) is 42.5 Å². The predicted octanol–water partition coefficient (Wildman–Crippen LogP) is 2.39. The largest absolute Gasteiger partial charge is 0.489 e. The van der Waals surface area contributed by atoms with Crippen LogP contribution >= 0.6 is 0 Å². The van der Waals surface area contributed by atoms with Crippen LogP contribution in [0.25, 0.3) is 0 Å². The van der Waals surface area contributed by atoms with Gasteiger partial charge in [0.1, 0.15) is 12.4 Å². The molecule has 3 rings (SSSR count). The van der Waals surface area contributed by atoms with Crippen molar-refractivity contribution < 1.29 is 27.5 Å². The number of esters is 1. The molecule has 0 heterocycles. The molecule has 0 aliphatic carbocycles. The van der Waals surface area contributed by atoms with Gasteiger partial charge < -0.3 is 14.8 Å². The highest BCUT2D eigenvalue weighted by molar-refractivity contribution is 7.89. The van der Waals surface area contributed by atoms with Gasteiger partial charge in [0.25, 0.3) is 5.91 Å². The van der Waals surface area contributed by atoms with Crippen LogP contribution in [0.2, 0.25) is 0 Å². The Hall–Kier alpha value is -3.69. The van der Waals surface area contributed by atoms with Crippen LogP contribution in [0, 0.1) is 0 Å². The molecule has 0 atom stereocenters. The summed E-state index contributed by atoms with van der Waals surface area (Å²) in [6.07, 6.45) is 0. The van der Waals surface area contributed by atoms with Gasteiger partial charge in [-0.05, 0) is 47.5 Å². The van der Waals surface area contributed by atoms with E-state index >= 15 is 0 Å². The summed E-state index contributed by atoms with van der Waals surface area (Å²) in [6.45, 7) is 0.116. The number of rotatable bonds is 9. The smallest absolute Gasteiger partial charge is 0.338 e. The number of benzene rings is 3. The van der Waals surface area contributed by atoms with Gasteiger partial charge in [0.05, 0.1) is 10.5 Å². The summed E-state index contributed by atoms with van der Waals surface area (Å²) in [5.74, 6) is -0.513. The molecule has 3 N–H and O–H groups in total. The predicted molar refractivity (Wildman–Crippen MR) is 117 cm³/mol. The summed E-state index contributed by atoms with van der Waals surface area (Å²) >= 11 is 0. The van der Waals surface area contributed by atoms with Crippen molar-refractivity contribution in [1.29, 1.82) is 0 Å². The number of carbonyl (C=O) groups excluding carboxylic acids is 2. The minimum absolute atomic E-state index is 0.0157. The van der Waals surface area contributed by atoms with Gasteiger partial charge in [-0.15, -0.1) is 0 Å². The Morgan fingerprint density at radius 2 is 1.50 bits per heavy atom. The highest BCUT2D eigenvalue weighted by Gasteiger charge is 2.11. The summed E-state index contributed by atoms with van der Waals surface area (Å²) in [5.41, 5.74) is 1.99. The molecular weight excluding hydrogens is 432 g/mol. The van der Waals surface area contributed by atoms with E-state index in [4.69, 9.17) is 14.6 Å². The second kappa shape index (κ2) is 10.6. The monoisotopic (exact) mass is 454 g/mol. The van der Waals surface area contributed by atoms with E-state index in [1.807, 2.05) is 30.3 Å². The quantitative estimate of drug-likeness (QED) is 0.478. The molecule has 0 fully saturated rings. The van der Waals surface area contributed by atoms with E-state index in [2.05, 4.69) is 5.32 Å². The average molecular weight is 455 g/mol. The van der Waals surface area contributed by atoms with Crippen LogP contribution in [-0.2, 0) is 32.7 Å². The summed E-state index contributed by atoms with van der Waals surface area (Å²) in [5, 5.41) is 7.63. The first-order valence-electron chi connectivity index (χ1n) is 9.63. The maximum absolute atomic E-state index is 12.1. The molecule has 0 saturated carbocycles. The van der Waals surface area contributed by atoms with Crippen LogP contribution < -0.4 is 15.2 Å². The molecule has 0 radical (unpaired) electrons. The molecule has 0 aliphatic heterocycles. The first-order valence-corrected chi connectivity index (χ1v) is 11.2. The Morgan fingerprint density at radius 1 is 0.844 bits per heavy atom. The second-order valence-corrected chi connectivity index (χ2v) is 8.40. The standard InChI is InChI=1S/C23H22N2O6S/c24-32(28,29)21-12-6-17(7-13-21)14-25-22(26)16-31-23(27)19-8-10-20(11-9-19)30-15-18-4-2-1-3-5-18/h1-13H,14-16H2,(H,25,26)(H2,24,28,29). The van der Waals surface area contributed by atoms with Gasteiger partial charge in [-0.25, -0.2) is 18.4 Å². The molecule has 32 heavy (non-hydrogen) atoms. The van der Waals surface area contributed by atoms with Gasteiger partial charge in [0.15, 0.2) is 6.61 Å². The molecule has 0 aromatic heterocycles. The Balaban J connectivity index is 1.42. The third-order valence-corrected chi connectivity index (χ3v) is 5.34. The molecular formula is C23H22N2O6S. The van der Waals surface area contributed by atoms with Crippen molar-refractivity contribution in [3.05, 3.63) is 95.6 Å². The van der Waals surface area contributed by atoms with Crippen LogP contribution in [0.15, 0.2) is 83.8 Å². The topological polar surface area (TPSA) is 125 Å². The van der Waals surface area contributed by atoms with E-state index in [1.54, 1.807) is 24.3 Å². The Morgan fingerprint density at radius 3 is 2.12 bits per heavy atom. The van der Waals surface area contributed by atoms with Crippen LogP contribution in [0.5, 0.6) is 5.75 Å². The zero-order valence-corrected chi connectivity index (χ0v) is 17.9. The van der Waals surface area contributed by atoms with Gasteiger partial charge >= 0.3 is 5.97 Å². The van der Waals surface area contributed by atoms with Gasteiger partial charge in [-0.3, -0.25) is 4.79 Å². The third kappa shape index (κ3) is 6.93. The van der Waals surface area contributed by atoms with Gasteiger partial charge in [0.2, 0.25) is 10.0 Å². The average Bonchev–Trinajstić information content (AvgIpc) is 2.80. The van der Waals surface area contributed by atoms with E-state index in [1.165, 1.54) is 24.3 Å². The van der Waals surface area contributed by atoms with E-state index in [9.17, 15) is 18.0 Å². The van der Waals surface area contributed by atoms with E-state index in [-0.39, 0.29) is 11.4 Å². The van der Waals surface area contributed by atoms with Crippen LogP contribution in [-0.4, -0.2) is 26.9 Å². The number of hydrogen-bond acceptors (Lipinski definition) is 6. The number of hydrogen-bond donors (Lipinski definition) is 2. The number of ether oxygens (including phenoxy) is 2. The van der Waals surface area contributed by atoms with E-state index < -0.39 is 28.5 Å². The first-order chi connectivity index (χ1) is 15.3. The van der Waals surface area contributed by atoms with Crippen molar-refractivity contribution in [2.24, 2.45) is 5.14 Å². The Labute approximate surface area is 186 Å². The molecule has 9 heteroatoms. The van der Waals surface area contributed by atoms with Crippen LogP contribution in [0.4, 0.5) is 0 Å². The lowest BCUT2D eigenvalue weighted by molar-refractivity contribution is -0.124. The minimum atomic E-state index is -3.77. The zero-order chi connectivity index (χ0) is 23.0. The summed E-state index contributed by atoms with van der Waals surface area (Å²) in [4.78, 5) is 24.0. The molecule has 0 spiro atoms. The van der Waals surface area contributed by atoms with Crippen LogP contribution in [0.3, 0.4) is 0 Å². The summed E-state index contributed by atoms with van der Waals surface area (Å²) in [6, 6.07) is 21.9. The van der Waals surface area contributed by atoms with Crippen molar-refractivity contribution in [3.8, 4) is 5.75 Å². The second-order valence-electron chi connectivity index (χ2n) is 6.84. The molecule has 166 valence electrons. The molecule has 0 bridgehead atoms. The fraction of sp³-hybridized carbons (Fsp3) is 0.130. The molecule has 0 saturated heterocycles. The molecule has 8 nitrogen and oxygen atoms in total. The molecule has 0 aliphatic rings. The SMILES string of the molecule is NS(=O)(=O)c1ccc(CNC(=O)COC(=O)c2ccc(OCc3ccccc3)cc2)cc1. The Bertz CT molecular complexity index is 1160. The highest BCUT2D eigenvalue weighted by Crippen LogP contribution is 2.15. The van der Waals surface area contributed by atoms with E-state index in [0.717, 1.165) is 5.56 Å². The zero-order valence-electron chi connectivity index (χ0n) is 17.1. The number of nitrogens with one attached hydrogen (secondary N) is 1. The number of nitrogens with two attached hydrogens (primary N) is 1. The number of carbonyl (C=O) groups is 2. The Kier molecular flexibility index (Phi) is 7.58. The number of primary sulfonamides is 1. The number of amides is 1. The van der Waals surface area contributed by atoms with Gasteiger partial charge in [-0.2, -0.15) is 0 Å². The normalized spacial score (nSPS) is 10.9. The maximum atomic E-state index is 12.1. The lowest BCUT2D eigenvalue weighted by Gasteiger charge is -2.09. The molecule has 3 aromatic carbocycles. The minimum Gasteiger partial charge on any atom is -0.489 e. The molecule has 3 aromatic rings. The van der Waals surface area contributed by atoms with Crippen molar-refractivity contribution in [1.82, 2.24) is 5.32 Å². The lowest BCUT2D eigenvalue weighted by atomic mass is 10.2. The highest BCUT2D eigenvalue weighted by atomic mass is 32.2. The lowest BCUT2D eigenvalue weighted by Crippen LogP contribution is -2.28. The van der Waals surface area contributed by atoms with Crippen molar-refractivity contribution in [3.63, 3.8) is 0 Å². The fourth-order valence-corrected chi connectivity index (χ4v) is 3.21.